The van der Waals surface area contributed by atoms with Crippen LogP contribution in [0.25, 0.3) is 0 Å². The van der Waals surface area contributed by atoms with E-state index in [0.717, 1.165) is 37.7 Å². The van der Waals surface area contributed by atoms with Gasteiger partial charge in [0.15, 0.2) is 30.6 Å². The highest BCUT2D eigenvalue weighted by atomic mass is 127. The minimum absolute atomic E-state index is 0.0617. The van der Waals surface area contributed by atoms with Crippen LogP contribution in [0.1, 0.15) is 106 Å². The van der Waals surface area contributed by atoms with E-state index in [-0.39, 0.29) is 34.4 Å². The summed E-state index contributed by atoms with van der Waals surface area (Å²) < 4.78 is 23.3. The number of carboxylic acids is 3. The highest BCUT2D eigenvalue weighted by Gasteiger charge is 2.70. The maximum atomic E-state index is 14.9. The fraction of sp³-hybridized carbons (Fsp3) is 0.857. The third-order valence-electron chi connectivity index (χ3n) is 16.8. The van der Waals surface area contributed by atoms with Crippen LogP contribution in [0.5, 0.6) is 0 Å². The van der Waals surface area contributed by atoms with Gasteiger partial charge in [0.2, 0.25) is 0 Å². The van der Waals surface area contributed by atoms with E-state index < -0.39 is 105 Å². The molecule has 2 saturated heterocycles. The molecule has 326 valence electrons. The number of ether oxygens (including phenoxy) is 4. The van der Waals surface area contributed by atoms with Crippen LogP contribution in [0.15, 0.2) is 11.6 Å². The number of carboxylic acid groups (broad SMARTS) is 3. The maximum absolute atomic E-state index is 14.9. The summed E-state index contributed by atoms with van der Waals surface area (Å²) >= 11 is 2.51. The summed E-state index contributed by atoms with van der Waals surface area (Å²) in [5, 5.41) is 73.5. The van der Waals surface area contributed by atoms with Crippen molar-refractivity contribution in [1.29, 1.82) is 0 Å². The number of halogens is 1. The molecule has 0 spiro atoms. The summed E-state index contributed by atoms with van der Waals surface area (Å²) in [6, 6.07) is 0. The number of fused-ring (bicyclic) bond motifs is 7. The molecule has 7 rings (SSSR count). The highest BCUT2D eigenvalue weighted by molar-refractivity contribution is 14.1. The van der Waals surface area contributed by atoms with Crippen LogP contribution >= 0.6 is 22.6 Å². The zero-order valence-electron chi connectivity index (χ0n) is 34.3. The number of carbonyl (C=O) groups excluding carboxylic acids is 1. The summed E-state index contributed by atoms with van der Waals surface area (Å²) in [6.07, 6.45) is -8.45. The Morgan fingerprint density at radius 1 is 0.741 bits per heavy atom. The van der Waals surface area contributed by atoms with Crippen molar-refractivity contribution < 1.29 is 73.9 Å². The number of carbonyl (C=O) groups is 4. The molecule has 6 fully saturated rings. The normalized spacial score (nSPS) is 52.6. The molecular formula is C42H61IO15. The number of allylic oxidation sites excluding steroid dienone is 2. The molecule has 2 heterocycles. The van der Waals surface area contributed by atoms with Gasteiger partial charge in [0, 0.05) is 11.8 Å². The summed E-state index contributed by atoms with van der Waals surface area (Å²) in [4.78, 5) is 51.6. The van der Waals surface area contributed by atoms with E-state index in [1.165, 1.54) is 6.92 Å². The first kappa shape index (κ1) is 44.3. The molecule has 0 radical (unpaired) electrons. The van der Waals surface area contributed by atoms with Crippen molar-refractivity contribution in [1.82, 2.24) is 0 Å². The van der Waals surface area contributed by atoms with Crippen molar-refractivity contribution in [3.63, 3.8) is 0 Å². The fourth-order valence-electron chi connectivity index (χ4n) is 13.3. The molecule has 4 saturated carbocycles. The van der Waals surface area contributed by atoms with E-state index in [1.807, 2.05) is 26.8 Å². The van der Waals surface area contributed by atoms with Crippen LogP contribution in [0.2, 0.25) is 0 Å². The summed E-state index contributed by atoms with van der Waals surface area (Å²) in [7, 11) is 0. The number of alkyl halides is 1. The van der Waals surface area contributed by atoms with Crippen LogP contribution in [0, 0.1) is 50.7 Å². The SMILES string of the molecule is C[C@@H]1C(C(=O)O)O[C@@H](OC2C(O)[C@H](O)C(C(=O)O)O[C@H]2O[C@H]2CC[C@@]3(C)C(CC[C@@]4(C)C5CC[C@@]6(C)CC[C@](C)(C(=O)O)C[C@@]6(I)C5=CC(=O)C43)C2(C)C)C(O)C1O. The van der Waals surface area contributed by atoms with E-state index in [4.69, 9.17) is 18.9 Å². The van der Waals surface area contributed by atoms with Crippen molar-refractivity contribution in [2.75, 3.05) is 0 Å². The van der Waals surface area contributed by atoms with E-state index in [2.05, 4.69) is 43.4 Å². The second-order valence-corrected chi connectivity index (χ2v) is 22.3. The second-order valence-electron chi connectivity index (χ2n) is 20.5. The van der Waals surface area contributed by atoms with Crippen molar-refractivity contribution in [3.8, 4) is 0 Å². The van der Waals surface area contributed by atoms with Crippen molar-refractivity contribution in [2.24, 2.45) is 50.7 Å². The number of ketones is 1. The molecular weight excluding hydrogens is 871 g/mol. The lowest BCUT2D eigenvalue weighted by Crippen LogP contribution is -2.67. The van der Waals surface area contributed by atoms with Gasteiger partial charge in [-0.25, -0.2) is 9.59 Å². The van der Waals surface area contributed by atoms with Crippen molar-refractivity contribution in [3.05, 3.63) is 11.6 Å². The molecule has 15 nitrogen and oxygen atoms in total. The Labute approximate surface area is 352 Å². The number of aliphatic carboxylic acids is 3. The van der Waals surface area contributed by atoms with E-state index in [0.29, 0.717) is 25.7 Å². The Morgan fingerprint density at radius 3 is 1.98 bits per heavy atom. The molecule has 58 heavy (non-hydrogen) atoms. The number of hydrogen-bond donors (Lipinski definition) is 7. The number of aliphatic hydroxyl groups is 4. The Morgan fingerprint density at radius 2 is 1.36 bits per heavy atom. The molecule has 0 bridgehead atoms. The lowest BCUT2D eigenvalue weighted by Gasteiger charge is -2.69. The molecule has 5 aliphatic carbocycles. The molecule has 7 aliphatic rings. The first-order valence-corrected chi connectivity index (χ1v) is 21.8. The van der Waals surface area contributed by atoms with Crippen LogP contribution < -0.4 is 0 Å². The summed E-state index contributed by atoms with van der Waals surface area (Å²) in [6.45, 7) is 14.0. The predicted octanol–water partition coefficient (Wildman–Crippen LogP) is 3.69. The standard InChI is InChI=1S/C42H61IO15/c1-18-24(45)27(48)34(56-28(18)32(49)50)58-30-26(47)25(46)29(33(51)52)57-35(30)55-23-10-13-41(7)22(37(23,2)3)9-12-40(6)19-8-11-39(5)15-14-38(4,36(53)54)17-42(39,43)20(19)16-21(44)31(40)41/h16,18-19,22-31,34-35,45-48H,8-15,17H2,1-7H3,(H,49,50)(H,51,52)(H,53,54)/t18-,19?,22?,23-,24?,25-,26?,27?,28?,29?,30?,31?,34-,35+,38-,39-,40-,41-,42+/m0/s1. The van der Waals surface area contributed by atoms with E-state index in [9.17, 15) is 54.9 Å². The highest BCUT2D eigenvalue weighted by Crippen LogP contribution is 2.74. The van der Waals surface area contributed by atoms with Gasteiger partial charge >= 0.3 is 17.9 Å². The third kappa shape index (κ3) is 6.46. The van der Waals surface area contributed by atoms with Gasteiger partial charge in [0.1, 0.15) is 24.4 Å². The molecule has 0 aromatic heterocycles. The zero-order chi connectivity index (χ0) is 42.9. The molecule has 0 aromatic carbocycles. The van der Waals surface area contributed by atoms with Gasteiger partial charge in [0.25, 0.3) is 0 Å². The zero-order valence-corrected chi connectivity index (χ0v) is 36.5. The van der Waals surface area contributed by atoms with Crippen molar-refractivity contribution in [2.45, 2.75) is 171 Å². The number of rotatable bonds is 7. The lowest BCUT2D eigenvalue weighted by atomic mass is 9.37. The van der Waals surface area contributed by atoms with E-state index in [1.54, 1.807) is 0 Å². The average Bonchev–Trinajstić information content (AvgIpc) is 3.12. The molecule has 2 aliphatic heterocycles. The van der Waals surface area contributed by atoms with Gasteiger partial charge in [-0.3, -0.25) is 9.59 Å². The first-order chi connectivity index (χ1) is 26.8. The van der Waals surface area contributed by atoms with Crippen LogP contribution in [0.3, 0.4) is 0 Å². The molecule has 7 N–H and O–H groups in total. The quantitative estimate of drug-likeness (QED) is 0.109. The maximum Gasteiger partial charge on any atom is 0.335 e. The van der Waals surface area contributed by atoms with Crippen molar-refractivity contribution >= 4 is 46.3 Å². The Kier molecular flexibility index (Phi) is 11.2. The Bertz CT molecular complexity index is 1740. The van der Waals surface area contributed by atoms with Gasteiger partial charge in [0.05, 0.1) is 21.0 Å². The van der Waals surface area contributed by atoms with Gasteiger partial charge in [-0.1, -0.05) is 64.1 Å². The van der Waals surface area contributed by atoms with Gasteiger partial charge < -0.3 is 54.7 Å². The molecule has 9 unspecified atom stereocenters. The largest absolute Gasteiger partial charge is 0.481 e. The smallest absolute Gasteiger partial charge is 0.335 e. The second kappa shape index (κ2) is 14.7. The molecule has 0 amide bonds. The Hall–Kier alpha value is -1.77. The molecule has 19 atom stereocenters. The topological polar surface area (TPSA) is 247 Å². The average molecular weight is 933 g/mol. The lowest BCUT2D eigenvalue weighted by molar-refractivity contribution is -0.368. The van der Waals surface area contributed by atoms with Gasteiger partial charge in [-0.05, 0) is 110 Å². The first-order valence-electron chi connectivity index (χ1n) is 20.8. The molecule has 16 heteroatoms. The monoisotopic (exact) mass is 932 g/mol. The minimum atomic E-state index is -2.00. The molecule has 0 aromatic rings. The van der Waals surface area contributed by atoms with Gasteiger partial charge in [-0.15, -0.1) is 0 Å². The number of hydrogen-bond acceptors (Lipinski definition) is 12. The number of aliphatic hydroxyl groups excluding tert-OH is 4. The van der Waals surface area contributed by atoms with Crippen LogP contribution in [-0.2, 0) is 38.1 Å². The van der Waals surface area contributed by atoms with E-state index >= 15 is 0 Å². The third-order valence-corrected chi connectivity index (χ3v) is 19.1. The summed E-state index contributed by atoms with van der Waals surface area (Å²) in [5.74, 6) is -5.00. The Balaban J connectivity index is 1.17. The minimum Gasteiger partial charge on any atom is -0.481 e. The predicted molar refractivity (Wildman–Crippen MR) is 211 cm³/mol. The van der Waals surface area contributed by atoms with Crippen LogP contribution in [-0.4, -0.2) is 124 Å². The summed E-state index contributed by atoms with van der Waals surface area (Å²) in [5.41, 5.74) is -1.41. The van der Waals surface area contributed by atoms with Gasteiger partial charge in [-0.2, -0.15) is 0 Å². The van der Waals surface area contributed by atoms with Crippen LogP contribution in [0.4, 0.5) is 0 Å². The fourth-order valence-corrected chi connectivity index (χ4v) is 15.2.